The molecule has 6 heteroatoms. The lowest BCUT2D eigenvalue weighted by Crippen LogP contribution is -2.40. The van der Waals surface area contributed by atoms with Crippen LogP contribution in [0, 0.1) is 0 Å². The summed E-state index contributed by atoms with van der Waals surface area (Å²) in [6, 6.07) is 10.6. The van der Waals surface area contributed by atoms with E-state index in [1.807, 2.05) is 24.3 Å². The summed E-state index contributed by atoms with van der Waals surface area (Å²) >= 11 is 3.35. The number of hydrogen-bond acceptors (Lipinski definition) is 3. The first-order chi connectivity index (χ1) is 10.1. The van der Waals surface area contributed by atoms with Crippen molar-refractivity contribution in [3.63, 3.8) is 0 Å². The van der Waals surface area contributed by atoms with E-state index in [2.05, 4.69) is 31.8 Å². The van der Waals surface area contributed by atoms with E-state index in [9.17, 15) is 9.59 Å². The van der Waals surface area contributed by atoms with Crippen LogP contribution in [0.1, 0.15) is 15.9 Å². The lowest BCUT2D eigenvalue weighted by molar-refractivity contribution is -0.117. The molecule has 0 aliphatic carbocycles. The molecular weight excluding hydrogens is 334 g/mol. The number of pyridine rings is 1. The van der Waals surface area contributed by atoms with Gasteiger partial charge in [0.25, 0.3) is 11.8 Å². The number of hydrazine groups is 1. The van der Waals surface area contributed by atoms with E-state index in [4.69, 9.17) is 0 Å². The number of halogens is 1. The maximum atomic E-state index is 11.7. The van der Waals surface area contributed by atoms with Gasteiger partial charge in [0, 0.05) is 28.5 Å². The number of aromatic nitrogens is 1. The Morgan fingerprint density at radius 3 is 2.57 bits per heavy atom. The zero-order valence-corrected chi connectivity index (χ0v) is 12.5. The van der Waals surface area contributed by atoms with Gasteiger partial charge >= 0.3 is 0 Å². The Labute approximate surface area is 130 Å². The number of hydrogen-bond donors (Lipinski definition) is 2. The van der Waals surface area contributed by atoms with Crippen LogP contribution >= 0.6 is 15.9 Å². The molecule has 0 fully saturated rings. The number of rotatable bonds is 3. The maximum absolute atomic E-state index is 11.7. The van der Waals surface area contributed by atoms with Gasteiger partial charge in [0.2, 0.25) is 0 Å². The molecule has 0 radical (unpaired) electrons. The van der Waals surface area contributed by atoms with Crippen molar-refractivity contribution in [3.8, 4) is 0 Å². The molecule has 21 heavy (non-hydrogen) atoms. The van der Waals surface area contributed by atoms with Crippen molar-refractivity contribution in [1.82, 2.24) is 15.8 Å². The fraction of sp³-hybridized carbons (Fsp3) is 0. The largest absolute Gasteiger partial charge is 0.269 e. The molecule has 5 nitrogen and oxygen atoms in total. The van der Waals surface area contributed by atoms with Crippen molar-refractivity contribution < 1.29 is 9.59 Å². The molecule has 1 aromatic carbocycles. The number of nitrogens with zero attached hydrogens (tertiary/aromatic N) is 1. The van der Waals surface area contributed by atoms with E-state index in [1.165, 1.54) is 18.5 Å². The zero-order valence-electron chi connectivity index (χ0n) is 10.9. The third kappa shape index (κ3) is 4.85. The Balaban J connectivity index is 1.86. The number of benzene rings is 1. The average molecular weight is 346 g/mol. The highest BCUT2D eigenvalue weighted by Crippen LogP contribution is 2.12. The minimum Gasteiger partial charge on any atom is -0.268 e. The van der Waals surface area contributed by atoms with Crippen LogP contribution in [0.3, 0.4) is 0 Å². The number of amides is 2. The minimum atomic E-state index is -0.419. The fourth-order valence-corrected chi connectivity index (χ4v) is 1.93. The third-order valence-corrected chi connectivity index (χ3v) is 3.01. The maximum Gasteiger partial charge on any atom is 0.269 e. The van der Waals surface area contributed by atoms with Crippen molar-refractivity contribution in [2.75, 3.05) is 0 Å². The first kappa shape index (κ1) is 14.9. The molecule has 1 heterocycles. The van der Waals surface area contributed by atoms with Crippen molar-refractivity contribution >= 4 is 33.8 Å². The molecule has 2 rings (SSSR count). The monoisotopic (exact) mass is 345 g/mol. The smallest absolute Gasteiger partial charge is 0.268 e. The Kier molecular flexibility index (Phi) is 5.22. The van der Waals surface area contributed by atoms with E-state index in [0.717, 1.165) is 10.0 Å². The topological polar surface area (TPSA) is 71.1 Å². The summed E-state index contributed by atoms with van der Waals surface area (Å²) < 4.78 is 0.927. The van der Waals surface area contributed by atoms with Gasteiger partial charge in [-0.15, -0.1) is 0 Å². The molecule has 2 aromatic rings. The zero-order chi connectivity index (χ0) is 15.1. The van der Waals surface area contributed by atoms with Crippen LogP contribution in [0.15, 0.2) is 59.3 Å². The third-order valence-electron chi connectivity index (χ3n) is 2.52. The van der Waals surface area contributed by atoms with Gasteiger partial charge in [-0.1, -0.05) is 28.1 Å². The molecule has 0 aliphatic rings. The quantitative estimate of drug-likeness (QED) is 0.662. The Morgan fingerprint density at radius 2 is 1.86 bits per heavy atom. The molecule has 0 saturated heterocycles. The minimum absolute atomic E-state index is 0.401. The molecular formula is C15H12BrN3O2. The van der Waals surface area contributed by atoms with Crippen molar-refractivity contribution in [2.45, 2.75) is 0 Å². The van der Waals surface area contributed by atoms with E-state index in [1.54, 1.807) is 18.2 Å². The molecule has 0 bridgehead atoms. The van der Waals surface area contributed by atoms with Crippen LogP contribution in [0.25, 0.3) is 6.08 Å². The van der Waals surface area contributed by atoms with E-state index < -0.39 is 11.8 Å². The van der Waals surface area contributed by atoms with Gasteiger partial charge in [0.1, 0.15) is 0 Å². The van der Waals surface area contributed by atoms with Crippen LogP contribution < -0.4 is 10.9 Å². The fourth-order valence-electron chi connectivity index (χ4n) is 1.52. The molecule has 0 aliphatic heterocycles. The van der Waals surface area contributed by atoms with Crippen LogP contribution in [-0.2, 0) is 4.79 Å². The first-order valence-electron chi connectivity index (χ1n) is 6.09. The second-order valence-corrected chi connectivity index (χ2v) is 4.98. The van der Waals surface area contributed by atoms with Gasteiger partial charge < -0.3 is 0 Å². The Hall–Kier alpha value is -2.47. The highest BCUT2D eigenvalue weighted by Gasteiger charge is 2.04. The van der Waals surface area contributed by atoms with Crippen molar-refractivity contribution in [1.29, 1.82) is 0 Å². The van der Waals surface area contributed by atoms with Crippen LogP contribution in [0.4, 0.5) is 0 Å². The van der Waals surface area contributed by atoms with Gasteiger partial charge in [0.05, 0.1) is 0 Å². The average Bonchev–Trinajstić information content (AvgIpc) is 2.51. The summed E-state index contributed by atoms with van der Waals surface area (Å²) in [5, 5.41) is 0. The second-order valence-electron chi connectivity index (χ2n) is 4.07. The highest BCUT2D eigenvalue weighted by atomic mass is 79.9. The summed E-state index contributed by atoms with van der Waals surface area (Å²) in [6.45, 7) is 0. The van der Waals surface area contributed by atoms with Crippen LogP contribution in [-0.4, -0.2) is 16.8 Å². The molecule has 0 saturated carbocycles. The van der Waals surface area contributed by atoms with Gasteiger partial charge in [-0.25, -0.2) is 0 Å². The summed E-state index contributed by atoms with van der Waals surface area (Å²) in [5.74, 6) is -0.820. The van der Waals surface area contributed by atoms with Crippen LogP contribution in [0.2, 0.25) is 0 Å². The van der Waals surface area contributed by atoms with Gasteiger partial charge in [-0.3, -0.25) is 25.4 Å². The molecule has 2 amide bonds. The van der Waals surface area contributed by atoms with Crippen molar-refractivity contribution in [3.05, 3.63) is 70.5 Å². The second kappa shape index (κ2) is 7.35. The lowest BCUT2D eigenvalue weighted by atomic mass is 10.2. The van der Waals surface area contributed by atoms with E-state index in [-0.39, 0.29) is 0 Å². The number of carbonyl (C=O) groups excluding carboxylic acids is 2. The standard InChI is InChI=1S/C15H12BrN3O2/c16-13-3-1-2-11(10-13)4-5-14(20)18-19-15(21)12-6-8-17-9-7-12/h1-10H,(H,18,20)(H,19,21)/b5-4+. The predicted octanol–water partition coefficient (Wildman–Crippen LogP) is 2.32. The Morgan fingerprint density at radius 1 is 1.10 bits per heavy atom. The normalized spacial score (nSPS) is 10.3. The first-order valence-corrected chi connectivity index (χ1v) is 6.88. The summed E-state index contributed by atoms with van der Waals surface area (Å²) in [4.78, 5) is 27.1. The molecule has 0 unspecified atom stereocenters. The lowest BCUT2D eigenvalue weighted by Gasteiger charge is -2.04. The molecule has 1 aromatic heterocycles. The summed E-state index contributed by atoms with van der Waals surface area (Å²) in [7, 11) is 0. The SMILES string of the molecule is O=C(/C=C/c1cccc(Br)c1)NNC(=O)c1ccncc1. The predicted molar refractivity (Wildman–Crippen MR) is 83.0 cm³/mol. The highest BCUT2D eigenvalue weighted by molar-refractivity contribution is 9.10. The Bertz CT molecular complexity index is 672. The molecule has 2 N–H and O–H groups in total. The summed E-state index contributed by atoms with van der Waals surface area (Å²) in [5.41, 5.74) is 5.92. The number of carbonyl (C=O) groups is 2. The molecule has 106 valence electrons. The van der Waals surface area contributed by atoms with Crippen LogP contribution in [0.5, 0.6) is 0 Å². The molecule has 0 spiro atoms. The number of nitrogens with one attached hydrogen (secondary N) is 2. The van der Waals surface area contributed by atoms with E-state index >= 15 is 0 Å². The van der Waals surface area contributed by atoms with Gasteiger partial charge in [-0.2, -0.15) is 0 Å². The molecule has 0 atom stereocenters. The van der Waals surface area contributed by atoms with Crippen molar-refractivity contribution in [2.24, 2.45) is 0 Å². The van der Waals surface area contributed by atoms with Gasteiger partial charge in [0.15, 0.2) is 0 Å². The summed E-state index contributed by atoms with van der Waals surface area (Å²) in [6.07, 6.45) is 6.00. The van der Waals surface area contributed by atoms with Gasteiger partial charge in [-0.05, 0) is 35.9 Å². The van der Waals surface area contributed by atoms with E-state index in [0.29, 0.717) is 5.56 Å².